The molecule has 2 aromatic carbocycles. The van der Waals surface area contributed by atoms with Gasteiger partial charge in [-0.1, -0.05) is 29.3 Å². The van der Waals surface area contributed by atoms with E-state index in [0.717, 1.165) is 30.3 Å². The van der Waals surface area contributed by atoms with Crippen molar-refractivity contribution in [3.8, 4) is 5.75 Å². The molecular weight excluding hydrogens is 282 g/mol. The molecule has 3 rings (SSSR count). The Kier molecular flexibility index (Phi) is 4.16. The molecule has 21 heavy (non-hydrogen) atoms. The number of halogens is 1. The van der Waals surface area contributed by atoms with Gasteiger partial charge in [-0.3, -0.25) is 0 Å². The second-order valence-electron chi connectivity index (χ2n) is 5.23. The fraction of sp³-hybridized carbons (Fsp3) is 0.222. The third kappa shape index (κ3) is 3.40. The summed E-state index contributed by atoms with van der Waals surface area (Å²) >= 11 is 6.00. The Morgan fingerprint density at radius 3 is 2.67 bits per heavy atom. The average Bonchev–Trinajstić information content (AvgIpc) is 2.87. The van der Waals surface area contributed by atoms with Crippen LogP contribution in [-0.2, 0) is 6.54 Å². The van der Waals surface area contributed by atoms with Crippen molar-refractivity contribution in [2.75, 3.05) is 6.61 Å². The zero-order valence-corrected chi connectivity index (χ0v) is 12.8. The molecule has 2 nitrogen and oxygen atoms in total. The van der Waals surface area contributed by atoms with Crippen LogP contribution in [0.2, 0.25) is 5.02 Å². The molecule has 0 radical (unpaired) electrons. The van der Waals surface area contributed by atoms with Gasteiger partial charge in [-0.25, -0.2) is 0 Å². The molecule has 0 saturated carbocycles. The van der Waals surface area contributed by atoms with Crippen LogP contribution in [0, 0.1) is 6.92 Å². The van der Waals surface area contributed by atoms with Crippen LogP contribution < -0.4 is 4.74 Å². The van der Waals surface area contributed by atoms with E-state index < -0.39 is 0 Å². The van der Waals surface area contributed by atoms with E-state index in [1.165, 1.54) is 16.5 Å². The van der Waals surface area contributed by atoms with Crippen LogP contribution in [0.3, 0.4) is 0 Å². The normalized spacial score (nSPS) is 11.0. The lowest BCUT2D eigenvalue weighted by molar-refractivity contribution is 0.302. The van der Waals surface area contributed by atoms with E-state index in [4.69, 9.17) is 16.3 Å². The Balaban J connectivity index is 1.56. The fourth-order valence-corrected chi connectivity index (χ4v) is 2.61. The molecule has 0 aliphatic rings. The molecule has 0 fully saturated rings. The van der Waals surface area contributed by atoms with Crippen molar-refractivity contribution in [1.29, 1.82) is 0 Å². The van der Waals surface area contributed by atoms with Gasteiger partial charge in [0.1, 0.15) is 5.75 Å². The highest BCUT2D eigenvalue weighted by atomic mass is 35.5. The summed E-state index contributed by atoms with van der Waals surface area (Å²) in [7, 11) is 0. The number of hydrogen-bond acceptors (Lipinski definition) is 1. The molecule has 1 heterocycles. The first kappa shape index (κ1) is 14.0. The van der Waals surface area contributed by atoms with E-state index in [1.807, 2.05) is 24.3 Å². The predicted molar refractivity (Wildman–Crippen MR) is 88.2 cm³/mol. The van der Waals surface area contributed by atoms with Crippen LogP contribution in [0.25, 0.3) is 10.9 Å². The van der Waals surface area contributed by atoms with E-state index in [1.54, 1.807) is 0 Å². The van der Waals surface area contributed by atoms with Crippen LogP contribution in [0.5, 0.6) is 5.75 Å². The molecule has 0 N–H and O–H groups in total. The van der Waals surface area contributed by atoms with Crippen molar-refractivity contribution in [2.45, 2.75) is 19.9 Å². The summed E-state index contributed by atoms with van der Waals surface area (Å²) in [6.45, 7) is 3.74. The van der Waals surface area contributed by atoms with Gasteiger partial charge >= 0.3 is 0 Å². The topological polar surface area (TPSA) is 14.2 Å². The first-order valence-corrected chi connectivity index (χ1v) is 7.54. The van der Waals surface area contributed by atoms with Gasteiger partial charge < -0.3 is 9.30 Å². The number of rotatable bonds is 5. The third-order valence-electron chi connectivity index (χ3n) is 3.57. The molecule has 0 bridgehead atoms. The first-order chi connectivity index (χ1) is 10.2. The molecule has 0 amide bonds. The number of fused-ring (bicyclic) bond motifs is 1. The zero-order valence-electron chi connectivity index (χ0n) is 12.1. The maximum Gasteiger partial charge on any atom is 0.119 e. The maximum absolute atomic E-state index is 6.00. The summed E-state index contributed by atoms with van der Waals surface area (Å²) in [6.07, 6.45) is 3.08. The van der Waals surface area contributed by atoms with Gasteiger partial charge in [0.2, 0.25) is 0 Å². The molecule has 108 valence electrons. The van der Waals surface area contributed by atoms with Gasteiger partial charge in [0.05, 0.1) is 6.61 Å². The van der Waals surface area contributed by atoms with Crippen LogP contribution in [0.1, 0.15) is 12.0 Å². The van der Waals surface area contributed by atoms with Gasteiger partial charge in [0.15, 0.2) is 0 Å². The fourth-order valence-electron chi connectivity index (χ4n) is 2.43. The standard InChI is InChI=1S/C18H18ClNO/c1-14-3-6-17(7-4-14)21-12-2-10-20-11-9-15-13-16(19)5-8-18(15)20/h3-9,11,13H,2,10,12H2,1H3. The zero-order chi connectivity index (χ0) is 14.7. The second kappa shape index (κ2) is 6.23. The van der Waals surface area contributed by atoms with Gasteiger partial charge in [0.25, 0.3) is 0 Å². The van der Waals surface area contributed by atoms with Crippen LogP contribution in [0.4, 0.5) is 0 Å². The highest BCUT2D eigenvalue weighted by molar-refractivity contribution is 6.31. The molecule has 0 saturated heterocycles. The Morgan fingerprint density at radius 1 is 1.05 bits per heavy atom. The Labute approximate surface area is 129 Å². The van der Waals surface area contributed by atoms with Gasteiger partial charge in [-0.05, 0) is 49.7 Å². The largest absolute Gasteiger partial charge is 0.494 e. The van der Waals surface area contributed by atoms with E-state index in [-0.39, 0.29) is 0 Å². The van der Waals surface area contributed by atoms with Crippen LogP contribution in [-0.4, -0.2) is 11.2 Å². The van der Waals surface area contributed by atoms with Crippen molar-refractivity contribution in [3.63, 3.8) is 0 Å². The number of hydrogen-bond donors (Lipinski definition) is 0. The molecule has 3 heteroatoms. The summed E-state index contributed by atoms with van der Waals surface area (Å²) in [5.74, 6) is 0.935. The summed E-state index contributed by atoms with van der Waals surface area (Å²) in [5.41, 5.74) is 2.47. The second-order valence-corrected chi connectivity index (χ2v) is 5.66. The molecule has 0 spiro atoms. The Hall–Kier alpha value is -1.93. The van der Waals surface area contributed by atoms with Crippen molar-refractivity contribution in [2.24, 2.45) is 0 Å². The molecule has 3 aromatic rings. The smallest absolute Gasteiger partial charge is 0.119 e. The minimum atomic E-state index is 0.719. The first-order valence-electron chi connectivity index (χ1n) is 7.16. The predicted octanol–water partition coefficient (Wildman–Crippen LogP) is 5.07. The number of benzene rings is 2. The molecule has 0 aliphatic heterocycles. The summed E-state index contributed by atoms with van der Waals surface area (Å²) in [4.78, 5) is 0. The summed E-state index contributed by atoms with van der Waals surface area (Å²) in [6, 6.07) is 16.3. The van der Waals surface area contributed by atoms with Crippen molar-refractivity contribution in [1.82, 2.24) is 4.57 Å². The average molecular weight is 300 g/mol. The van der Waals surface area contributed by atoms with E-state index in [2.05, 4.69) is 42.0 Å². The van der Waals surface area contributed by atoms with E-state index in [9.17, 15) is 0 Å². The monoisotopic (exact) mass is 299 g/mol. The number of nitrogens with zero attached hydrogens (tertiary/aromatic N) is 1. The third-order valence-corrected chi connectivity index (χ3v) is 3.80. The van der Waals surface area contributed by atoms with E-state index >= 15 is 0 Å². The summed E-state index contributed by atoms with van der Waals surface area (Å²) < 4.78 is 8.00. The van der Waals surface area contributed by atoms with Crippen molar-refractivity contribution >= 4 is 22.5 Å². The highest BCUT2D eigenvalue weighted by Crippen LogP contribution is 2.20. The molecule has 0 atom stereocenters. The van der Waals surface area contributed by atoms with Crippen molar-refractivity contribution in [3.05, 3.63) is 65.3 Å². The van der Waals surface area contributed by atoms with Crippen LogP contribution >= 0.6 is 11.6 Å². The van der Waals surface area contributed by atoms with Gasteiger partial charge in [-0.15, -0.1) is 0 Å². The summed E-state index contributed by atoms with van der Waals surface area (Å²) in [5, 5.41) is 1.96. The van der Waals surface area contributed by atoms with E-state index in [0.29, 0.717) is 0 Å². The van der Waals surface area contributed by atoms with Gasteiger partial charge in [0, 0.05) is 28.7 Å². The molecular formula is C18H18ClNO. The number of aryl methyl sites for hydroxylation is 2. The Bertz CT molecular complexity index is 731. The lowest BCUT2D eigenvalue weighted by atomic mass is 10.2. The molecule has 1 aromatic heterocycles. The van der Waals surface area contributed by atoms with Crippen LogP contribution in [0.15, 0.2) is 54.7 Å². The SMILES string of the molecule is Cc1ccc(OCCCn2ccc3cc(Cl)ccc32)cc1. The maximum atomic E-state index is 6.00. The number of ether oxygens (including phenoxy) is 1. The minimum Gasteiger partial charge on any atom is -0.494 e. The minimum absolute atomic E-state index is 0.719. The Morgan fingerprint density at radius 2 is 1.86 bits per heavy atom. The quantitative estimate of drug-likeness (QED) is 0.600. The lowest BCUT2D eigenvalue weighted by Gasteiger charge is -2.08. The number of aromatic nitrogens is 1. The highest BCUT2D eigenvalue weighted by Gasteiger charge is 2.01. The van der Waals surface area contributed by atoms with Crippen molar-refractivity contribution < 1.29 is 4.74 Å². The van der Waals surface area contributed by atoms with Gasteiger partial charge in [-0.2, -0.15) is 0 Å². The lowest BCUT2D eigenvalue weighted by Crippen LogP contribution is -2.03. The molecule has 0 aliphatic carbocycles. The molecule has 0 unspecified atom stereocenters.